The molecule has 8 nitrogen and oxygen atoms in total. The lowest BCUT2D eigenvalue weighted by Crippen LogP contribution is -2.22. The number of carbonyl (C=O) groups is 3. The summed E-state index contributed by atoms with van der Waals surface area (Å²) in [6.45, 7) is 2.46. The molecule has 0 unspecified atom stereocenters. The molecule has 2 aromatic carbocycles. The Bertz CT molecular complexity index is 1120. The van der Waals surface area contributed by atoms with Gasteiger partial charge in [-0.15, -0.1) is 0 Å². The zero-order valence-electron chi connectivity index (χ0n) is 18.8. The Morgan fingerprint density at radius 3 is 2.26 bits per heavy atom. The molecule has 0 aliphatic heterocycles. The Labute approximate surface area is 197 Å². The van der Waals surface area contributed by atoms with Crippen molar-refractivity contribution in [3.8, 4) is 17.2 Å². The van der Waals surface area contributed by atoms with Crippen LogP contribution in [-0.4, -0.2) is 47.3 Å². The number of anilines is 1. The first-order valence-electron chi connectivity index (χ1n) is 10.3. The fraction of sp³-hybridized carbons (Fsp3) is 0.348. The number of nitrogens with one attached hydrogen (secondary N) is 1. The summed E-state index contributed by atoms with van der Waals surface area (Å²) in [5.41, 5.74) is 0.0335. The number of hydrogen-bond acceptors (Lipinski definition) is 6. The molecule has 0 saturated carbocycles. The Kier molecular flexibility index (Phi) is 9.04. The lowest BCUT2D eigenvalue weighted by molar-refractivity contribution is -0.147. The molecule has 0 fully saturated rings. The summed E-state index contributed by atoms with van der Waals surface area (Å²) in [4.78, 5) is 33.6. The fourth-order valence-electron chi connectivity index (χ4n) is 3.04. The third-order valence-corrected chi connectivity index (χ3v) is 4.80. The highest BCUT2D eigenvalue weighted by atomic mass is 19.4. The second-order valence-corrected chi connectivity index (χ2v) is 7.52. The van der Waals surface area contributed by atoms with Crippen LogP contribution in [0.2, 0.25) is 0 Å². The number of carbonyl (C=O) groups excluding carboxylic acids is 2. The largest absolute Gasteiger partial charge is 0.507 e. The highest BCUT2D eigenvalue weighted by Crippen LogP contribution is 2.35. The number of aryl methyl sites for hydroxylation is 1. The second kappa shape index (κ2) is 11.5. The van der Waals surface area contributed by atoms with Crippen LogP contribution < -0.4 is 14.8 Å². The maximum absolute atomic E-state index is 14.1. The standard InChI is InChI=1S/C23H23F4NO7/c1-12-10-16(24)19(11-17(12)28-21(31)22(32)33)35-9-3-8-34-18-5-4-14(13(2)29)20(30)15(18)6-7-23(25,26)27/h4-5,10-11,30H,3,6-9H2,1-2H3,(H,28,31)(H,32,33). The number of phenolic OH excluding ortho intramolecular Hbond substituents is 1. The van der Waals surface area contributed by atoms with E-state index in [1.165, 1.54) is 26.0 Å². The van der Waals surface area contributed by atoms with Gasteiger partial charge in [0.1, 0.15) is 11.5 Å². The van der Waals surface area contributed by atoms with E-state index in [1.54, 1.807) is 0 Å². The average Bonchev–Trinajstić information content (AvgIpc) is 2.74. The van der Waals surface area contributed by atoms with Gasteiger partial charge < -0.3 is 25.0 Å². The number of hydrogen-bond donors (Lipinski definition) is 3. The fourth-order valence-corrected chi connectivity index (χ4v) is 3.04. The maximum Gasteiger partial charge on any atom is 0.394 e. The molecule has 35 heavy (non-hydrogen) atoms. The highest BCUT2D eigenvalue weighted by Gasteiger charge is 2.29. The third kappa shape index (κ3) is 7.87. The van der Waals surface area contributed by atoms with Gasteiger partial charge in [-0.25, -0.2) is 9.18 Å². The minimum absolute atomic E-state index is 0.0306. The van der Waals surface area contributed by atoms with Gasteiger partial charge >= 0.3 is 18.1 Å². The molecule has 1 amide bonds. The van der Waals surface area contributed by atoms with E-state index in [0.29, 0.717) is 0 Å². The van der Waals surface area contributed by atoms with Crippen molar-refractivity contribution in [2.45, 2.75) is 39.3 Å². The molecule has 0 aromatic heterocycles. The Morgan fingerprint density at radius 1 is 1.06 bits per heavy atom. The van der Waals surface area contributed by atoms with Crippen molar-refractivity contribution in [2.24, 2.45) is 0 Å². The van der Waals surface area contributed by atoms with E-state index in [9.17, 15) is 37.1 Å². The highest BCUT2D eigenvalue weighted by molar-refractivity contribution is 6.36. The first-order chi connectivity index (χ1) is 16.3. The zero-order chi connectivity index (χ0) is 26.3. The summed E-state index contributed by atoms with van der Waals surface area (Å²) in [6.07, 6.45) is -6.15. The van der Waals surface area contributed by atoms with Gasteiger partial charge in [0.15, 0.2) is 17.3 Å². The van der Waals surface area contributed by atoms with E-state index in [2.05, 4.69) is 5.32 Å². The molecule has 2 rings (SSSR count). The zero-order valence-corrected chi connectivity index (χ0v) is 18.8. The number of ketones is 1. The molecule has 0 saturated heterocycles. The van der Waals surface area contributed by atoms with Crippen molar-refractivity contribution in [2.75, 3.05) is 18.5 Å². The number of halogens is 4. The van der Waals surface area contributed by atoms with Crippen molar-refractivity contribution in [1.82, 2.24) is 0 Å². The Morgan fingerprint density at radius 2 is 1.69 bits per heavy atom. The molecule has 2 aromatic rings. The number of benzene rings is 2. The molecular weight excluding hydrogens is 478 g/mol. The molecule has 12 heteroatoms. The van der Waals surface area contributed by atoms with Crippen LogP contribution >= 0.6 is 0 Å². The quantitative estimate of drug-likeness (QED) is 0.191. The monoisotopic (exact) mass is 501 g/mol. The molecule has 0 radical (unpaired) electrons. The molecule has 0 atom stereocenters. The molecule has 3 N–H and O–H groups in total. The minimum Gasteiger partial charge on any atom is -0.507 e. The second-order valence-electron chi connectivity index (χ2n) is 7.52. The first kappa shape index (κ1) is 27.4. The number of rotatable bonds is 10. The number of phenols is 1. The third-order valence-electron chi connectivity index (χ3n) is 4.80. The Balaban J connectivity index is 2.03. The van der Waals surface area contributed by atoms with Crippen LogP contribution in [0.5, 0.6) is 17.2 Å². The molecule has 190 valence electrons. The number of aromatic hydroxyl groups is 1. The predicted molar refractivity (Wildman–Crippen MR) is 115 cm³/mol. The Hall–Kier alpha value is -3.83. The van der Waals surface area contributed by atoms with Gasteiger partial charge in [0.05, 0.1) is 18.8 Å². The van der Waals surface area contributed by atoms with Crippen LogP contribution in [0.3, 0.4) is 0 Å². The molecule has 0 aliphatic carbocycles. The first-order valence-corrected chi connectivity index (χ1v) is 10.3. The summed E-state index contributed by atoms with van der Waals surface area (Å²) in [6, 6.07) is 4.71. The van der Waals surface area contributed by atoms with Gasteiger partial charge in [0, 0.05) is 30.2 Å². The van der Waals surface area contributed by atoms with Crippen LogP contribution in [0.4, 0.5) is 23.2 Å². The molecule has 0 spiro atoms. The van der Waals surface area contributed by atoms with Crippen LogP contribution in [0.25, 0.3) is 0 Å². The van der Waals surface area contributed by atoms with Crippen molar-refractivity contribution < 1.29 is 51.6 Å². The van der Waals surface area contributed by atoms with Gasteiger partial charge in [-0.05, 0) is 44.0 Å². The number of alkyl halides is 3. The number of aliphatic carboxylic acids is 1. The van der Waals surface area contributed by atoms with Crippen molar-refractivity contribution >= 4 is 23.3 Å². The van der Waals surface area contributed by atoms with Gasteiger partial charge in [-0.2, -0.15) is 13.2 Å². The van der Waals surface area contributed by atoms with E-state index in [-0.39, 0.29) is 53.5 Å². The number of carboxylic acids is 1. The number of ether oxygens (including phenoxy) is 2. The number of Topliss-reactive ketones (excluding diaryl/α,β-unsaturated/α-hetero) is 1. The molecule has 0 bridgehead atoms. The normalized spacial score (nSPS) is 11.1. The van der Waals surface area contributed by atoms with Gasteiger partial charge in [-0.3, -0.25) is 9.59 Å². The van der Waals surface area contributed by atoms with Crippen LogP contribution in [0.1, 0.15) is 41.3 Å². The number of carboxylic acid groups (broad SMARTS) is 1. The molecule has 0 aliphatic rings. The molecular formula is C23H23F4NO7. The summed E-state index contributed by atoms with van der Waals surface area (Å²) >= 11 is 0. The van der Waals surface area contributed by atoms with Crippen LogP contribution in [0, 0.1) is 12.7 Å². The predicted octanol–water partition coefficient (Wildman–Crippen LogP) is 4.41. The van der Waals surface area contributed by atoms with Crippen molar-refractivity contribution in [3.05, 3.63) is 46.8 Å². The summed E-state index contributed by atoms with van der Waals surface area (Å²) < 4.78 is 63.0. The van der Waals surface area contributed by atoms with Crippen molar-refractivity contribution in [3.63, 3.8) is 0 Å². The lowest BCUT2D eigenvalue weighted by Gasteiger charge is -2.16. The smallest absolute Gasteiger partial charge is 0.394 e. The minimum atomic E-state index is -4.48. The summed E-state index contributed by atoms with van der Waals surface area (Å²) in [5, 5.41) is 21.1. The number of amides is 1. The van der Waals surface area contributed by atoms with E-state index < -0.39 is 48.2 Å². The van der Waals surface area contributed by atoms with Crippen molar-refractivity contribution in [1.29, 1.82) is 0 Å². The van der Waals surface area contributed by atoms with E-state index in [1.807, 2.05) is 0 Å². The molecule has 0 heterocycles. The topological polar surface area (TPSA) is 122 Å². The van der Waals surface area contributed by atoms with Gasteiger partial charge in [0.2, 0.25) is 0 Å². The van der Waals surface area contributed by atoms with E-state index >= 15 is 0 Å². The lowest BCUT2D eigenvalue weighted by atomic mass is 10.0. The van der Waals surface area contributed by atoms with Gasteiger partial charge in [0.25, 0.3) is 0 Å². The van der Waals surface area contributed by atoms with E-state index in [0.717, 1.165) is 12.1 Å². The maximum atomic E-state index is 14.1. The summed E-state index contributed by atoms with van der Waals surface area (Å²) in [5.74, 6) is -5.16. The average molecular weight is 501 g/mol. The van der Waals surface area contributed by atoms with Crippen LogP contribution in [0.15, 0.2) is 24.3 Å². The van der Waals surface area contributed by atoms with Gasteiger partial charge in [-0.1, -0.05) is 0 Å². The van der Waals surface area contributed by atoms with E-state index in [4.69, 9.17) is 14.6 Å². The SMILES string of the molecule is CC(=O)c1ccc(OCCCOc2cc(NC(=O)C(=O)O)c(C)cc2F)c(CCC(F)(F)F)c1O. The summed E-state index contributed by atoms with van der Waals surface area (Å²) in [7, 11) is 0. The van der Waals surface area contributed by atoms with Crippen LogP contribution in [-0.2, 0) is 16.0 Å².